The number of nitrogens with zero attached hydrogens (tertiary/aromatic N) is 2. The summed E-state index contributed by atoms with van der Waals surface area (Å²) in [7, 11) is 0. The van der Waals surface area contributed by atoms with E-state index in [4.69, 9.17) is 11.5 Å². The van der Waals surface area contributed by atoms with Gasteiger partial charge in [-0.05, 0) is 70.8 Å². The average Bonchev–Trinajstić information content (AvgIpc) is 3.99. The van der Waals surface area contributed by atoms with Gasteiger partial charge in [-0.1, -0.05) is 13.8 Å². The molecular weight excluding hydrogens is 873 g/mol. The van der Waals surface area contributed by atoms with Crippen molar-refractivity contribution in [2.45, 2.75) is 133 Å². The zero-order chi connectivity index (χ0) is 49.2. The fourth-order valence-electron chi connectivity index (χ4n) is 7.48. The number of primary amides is 1. The third kappa shape index (κ3) is 16.9. The number of likely N-dealkylation sites (tertiary alicyclic amines) is 2. The highest BCUT2D eigenvalue weighted by atomic mass is 16.4. The number of imide groups is 1. The quantitative estimate of drug-likeness (QED) is 0.0284. The lowest BCUT2D eigenvalue weighted by molar-refractivity contribution is -0.144. The molecule has 0 aromatic heterocycles. The molecule has 0 aromatic rings. The van der Waals surface area contributed by atoms with E-state index in [0.29, 0.717) is 30.7 Å². The van der Waals surface area contributed by atoms with E-state index in [0.717, 1.165) is 0 Å². The first-order valence-electron chi connectivity index (χ1n) is 21.9. The van der Waals surface area contributed by atoms with Gasteiger partial charge in [0.15, 0.2) is 0 Å². The number of hydrogen-bond acceptors (Lipinski definition) is 15. The minimum Gasteiger partial charge on any atom is -0.480 e. The van der Waals surface area contributed by atoms with Crippen LogP contribution < -0.4 is 54.0 Å². The summed E-state index contributed by atoms with van der Waals surface area (Å²) in [6, 6.07) is -8.23. The van der Waals surface area contributed by atoms with E-state index in [-0.39, 0.29) is 57.5 Å². The van der Waals surface area contributed by atoms with Gasteiger partial charge in [0.25, 0.3) is 5.91 Å². The number of nitrogens with one attached hydrogen (secondary N) is 8. The van der Waals surface area contributed by atoms with Gasteiger partial charge in [-0.25, -0.2) is 4.79 Å². The van der Waals surface area contributed by atoms with E-state index in [2.05, 4.69) is 42.5 Å². The molecule has 3 saturated heterocycles. The summed E-state index contributed by atoms with van der Waals surface area (Å²) in [5.74, 6) is -10.2. The van der Waals surface area contributed by atoms with Crippen LogP contribution >= 0.6 is 0 Å². The van der Waals surface area contributed by atoms with Crippen LogP contribution in [0.1, 0.15) is 85.0 Å². The molecule has 26 heteroatoms. The summed E-state index contributed by atoms with van der Waals surface area (Å²) in [6.45, 7) is 3.62. The number of aliphatic hydroxyl groups excluding tert-OH is 1. The highest BCUT2D eigenvalue weighted by Gasteiger charge is 2.42. The standard InChI is InChI=1S/C40H64N12O14/c1-20(2)13-26(37(62)46-21(3)34(59)45-18-33(58)51-12-6-8-28(51)38(63)49-24(40(65)66)7-4-5-11-41)48-31(56)19-52-32(57)15-27(39(52)64)50-36(61)23(9-10-29(42)54)47-30(55)17-44-35(60)25-14-22(53)16-43-25/h20-28,43,53H,4-19,41H2,1-3H3,(H2,42,54)(H,44,60)(H,45,59)(H,46,62)(H,47,55)(H,48,56)(H,49,63)(H,50,61)(H,65,66)/t21-,22+,23?,24-,25-,26-,27-,28?/m0/s1. The summed E-state index contributed by atoms with van der Waals surface area (Å²) >= 11 is 0. The number of aliphatic hydroxyl groups is 1. The number of rotatable bonds is 26. The Morgan fingerprint density at radius 3 is 2.14 bits per heavy atom. The molecule has 2 unspecified atom stereocenters. The van der Waals surface area contributed by atoms with Gasteiger partial charge in [-0.2, -0.15) is 0 Å². The van der Waals surface area contributed by atoms with Crippen LogP contribution in [0.25, 0.3) is 0 Å². The Hall–Kier alpha value is -6.28. The highest BCUT2D eigenvalue weighted by molar-refractivity contribution is 6.09. The first-order valence-corrected chi connectivity index (χ1v) is 21.9. The fraction of sp³-hybridized carbons (Fsp3) is 0.700. The number of carbonyl (C=O) groups excluding carboxylic acids is 11. The number of hydrogen-bond donors (Lipinski definition) is 12. The van der Waals surface area contributed by atoms with Gasteiger partial charge in [0.1, 0.15) is 42.8 Å². The lowest BCUT2D eigenvalue weighted by Crippen LogP contribution is -2.56. The molecule has 3 aliphatic rings. The van der Waals surface area contributed by atoms with Crippen molar-refractivity contribution in [2.24, 2.45) is 17.4 Å². The van der Waals surface area contributed by atoms with E-state index < -0.39 is 145 Å². The number of carbonyl (C=O) groups is 12. The Labute approximate surface area is 380 Å². The van der Waals surface area contributed by atoms with Gasteiger partial charge in [0.2, 0.25) is 59.1 Å². The highest BCUT2D eigenvalue weighted by Crippen LogP contribution is 2.19. The molecule has 0 radical (unpaired) electrons. The van der Waals surface area contributed by atoms with Crippen molar-refractivity contribution in [1.29, 1.82) is 0 Å². The molecule has 0 saturated carbocycles. The van der Waals surface area contributed by atoms with Crippen molar-refractivity contribution < 1.29 is 67.7 Å². The molecule has 11 amide bonds. The Kier molecular flexibility index (Phi) is 21.3. The van der Waals surface area contributed by atoms with Crippen molar-refractivity contribution in [3.8, 4) is 0 Å². The largest absolute Gasteiger partial charge is 0.480 e. The summed E-state index contributed by atoms with van der Waals surface area (Å²) in [5.41, 5.74) is 10.7. The molecule has 0 aliphatic carbocycles. The van der Waals surface area contributed by atoms with Crippen molar-refractivity contribution >= 4 is 70.9 Å². The topological polar surface area (TPSA) is 400 Å². The number of β-amino-alcohol motifs (C(OH)–C–C–N with tert-alkyl or cyclic N) is 1. The Balaban J connectivity index is 1.53. The van der Waals surface area contributed by atoms with Gasteiger partial charge in [0.05, 0.1) is 31.7 Å². The predicted molar refractivity (Wildman–Crippen MR) is 228 cm³/mol. The van der Waals surface area contributed by atoms with Crippen LogP contribution in [0.2, 0.25) is 0 Å². The number of amides is 11. The lowest BCUT2D eigenvalue weighted by Gasteiger charge is -2.26. The van der Waals surface area contributed by atoms with Gasteiger partial charge in [-0.3, -0.25) is 57.6 Å². The van der Waals surface area contributed by atoms with Crippen molar-refractivity contribution in [1.82, 2.24) is 52.3 Å². The van der Waals surface area contributed by atoms with E-state index in [1.807, 2.05) is 0 Å². The van der Waals surface area contributed by atoms with E-state index in [9.17, 15) is 67.7 Å². The molecule has 3 fully saturated rings. The normalized spacial score (nSPS) is 21.0. The molecule has 0 aromatic carbocycles. The first kappa shape index (κ1) is 54.1. The van der Waals surface area contributed by atoms with E-state index >= 15 is 0 Å². The van der Waals surface area contributed by atoms with Gasteiger partial charge < -0.3 is 69.1 Å². The maximum absolute atomic E-state index is 13.4. The number of aliphatic carboxylic acids is 1. The fourth-order valence-corrected chi connectivity index (χ4v) is 7.48. The van der Waals surface area contributed by atoms with Crippen LogP contribution in [0.4, 0.5) is 0 Å². The summed E-state index contributed by atoms with van der Waals surface area (Å²) in [4.78, 5) is 155. The summed E-state index contributed by atoms with van der Waals surface area (Å²) in [5, 5.41) is 38.8. The zero-order valence-electron chi connectivity index (χ0n) is 37.4. The smallest absolute Gasteiger partial charge is 0.326 e. The molecule has 14 N–H and O–H groups in total. The zero-order valence-corrected chi connectivity index (χ0v) is 37.4. The van der Waals surface area contributed by atoms with Gasteiger partial charge in [0, 0.05) is 19.5 Å². The minimum absolute atomic E-state index is 0.0574. The Bertz CT molecular complexity index is 1850. The van der Waals surface area contributed by atoms with Crippen molar-refractivity contribution in [2.75, 3.05) is 39.3 Å². The van der Waals surface area contributed by atoms with E-state index in [1.165, 1.54) is 11.8 Å². The Morgan fingerprint density at radius 1 is 0.818 bits per heavy atom. The molecule has 0 bridgehead atoms. The van der Waals surface area contributed by atoms with Crippen LogP contribution in [-0.4, -0.2) is 179 Å². The van der Waals surface area contributed by atoms with Gasteiger partial charge >= 0.3 is 5.97 Å². The molecule has 0 spiro atoms. The van der Waals surface area contributed by atoms with Crippen molar-refractivity contribution in [3.63, 3.8) is 0 Å². The summed E-state index contributed by atoms with van der Waals surface area (Å²) in [6.07, 6.45) is 0.193. The number of carboxylic acids is 1. The SMILES string of the molecule is CC(C)C[C@H](NC(=O)CN1C(=O)C[C@H](NC(=O)C(CCC(N)=O)NC(=O)CNC(=O)[C@@H]2C[C@@H](O)CN2)C1=O)C(=O)N[C@@H](C)C(=O)NCC(=O)N1CCCC1C(=O)N[C@@H](CCCCN)C(=O)O. The molecule has 368 valence electrons. The molecule has 26 nitrogen and oxygen atoms in total. The first-order chi connectivity index (χ1) is 31.1. The second kappa shape index (κ2) is 26.0. The second-order valence-electron chi connectivity index (χ2n) is 16.9. The number of nitrogens with two attached hydrogens (primary N) is 2. The van der Waals surface area contributed by atoms with Crippen LogP contribution in [0, 0.1) is 5.92 Å². The van der Waals surface area contributed by atoms with Crippen LogP contribution in [-0.2, 0) is 57.5 Å². The third-order valence-electron chi connectivity index (χ3n) is 11.0. The van der Waals surface area contributed by atoms with Crippen molar-refractivity contribution in [3.05, 3.63) is 0 Å². The maximum atomic E-state index is 13.4. The molecule has 66 heavy (non-hydrogen) atoms. The third-order valence-corrected chi connectivity index (χ3v) is 11.0. The average molecular weight is 937 g/mol. The van der Waals surface area contributed by atoms with Crippen LogP contribution in [0.3, 0.4) is 0 Å². The Morgan fingerprint density at radius 2 is 1.52 bits per heavy atom. The molecule has 8 atom stereocenters. The van der Waals surface area contributed by atoms with Crippen LogP contribution in [0.15, 0.2) is 0 Å². The monoisotopic (exact) mass is 936 g/mol. The lowest BCUT2D eigenvalue weighted by atomic mass is 10.0. The molecule has 3 rings (SSSR count). The maximum Gasteiger partial charge on any atom is 0.326 e. The van der Waals surface area contributed by atoms with Gasteiger partial charge in [-0.15, -0.1) is 0 Å². The van der Waals surface area contributed by atoms with E-state index in [1.54, 1.807) is 13.8 Å². The summed E-state index contributed by atoms with van der Waals surface area (Å²) < 4.78 is 0. The van der Waals surface area contributed by atoms with Crippen LogP contribution in [0.5, 0.6) is 0 Å². The minimum atomic E-state index is -1.47. The molecule has 3 aliphatic heterocycles. The molecule has 3 heterocycles. The second-order valence-corrected chi connectivity index (χ2v) is 16.9. The predicted octanol–water partition coefficient (Wildman–Crippen LogP) is -6.34. The number of unbranched alkanes of at least 4 members (excludes halogenated alkanes) is 1. The molecular formula is C40H64N12O14. The number of carboxylic acid groups (broad SMARTS) is 1.